The summed E-state index contributed by atoms with van der Waals surface area (Å²) < 4.78 is 5.72. The number of aromatic carboxylic acids is 1. The fourth-order valence-electron chi connectivity index (χ4n) is 3.60. The molecule has 1 aromatic carbocycles. The molecule has 2 aliphatic rings. The highest BCUT2D eigenvalue weighted by Gasteiger charge is 2.44. The van der Waals surface area contributed by atoms with Crippen LogP contribution < -0.4 is 0 Å². The average molecular weight is 303 g/mol. The van der Waals surface area contributed by atoms with E-state index in [-0.39, 0.29) is 17.6 Å². The van der Waals surface area contributed by atoms with Crippen LogP contribution in [0, 0.1) is 11.8 Å². The van der Waals surface area contributed by atoms with Gasteiger partial charge in [-0.2, -0.15) is 0 Å². The van der Waals surface area contributed by atoms with E-state index >= 15 is 0 Å². The first-order chi connectivity index (χ1) is 10.6. The van der Waals surface area contributed by atoms with E-state index in [1.807, 2.05) is 0 Å². The Hall–Kier alpha value is -1.88. The lowest BCUT2D eigenvalue weighted by atomic mass is 9.93. The van der Waals surface area contributed by atoms with E-state index in [9.17, 15) is 9.59 Å². The Morgan fingerprint density at radius 1 is 1.27 bits per heavy atom. The minimum atomic E-state index is -0.942. The Bertz CT molecular complexity index is 569. The van der Waals surface area contributed by atoms with Crippen LogP contribution in [0.3, 0.4) is 0 Å². The summed E-state index contributed by atoms with van der Waals surface area (Å²) in [5.74, 6) is 0.0286. The van der Waals surface area contributed by atoms with Gasteiger partial charge in [-0.05, 0) is 42.4 Å². The maximum Gasteiger partial charge on any atom is 0.335 e. The Morgan fingerprint density at radius 2 is 2.00 bits per heavy atom. The third-order valence-corrected chi connectivity index (χ3v) is 4.84. The van der Waals surface area contributed by atoms with Crippen LogP contribution in [0.4, 0.5) is 0 Å². The Balaban J connectivity index is 1.62. The van der Waals surface area contributed by atoms with Crippen molar-refractivity contribution in [1.82, 2.24) is 4.90 Å². The van der Waals surface area contributed by atoms with Crippen molar-refractivity contribution in [2.45, 2.75) is 31.9 Å². The molecule has 118 valence electrons. The standard InChI is InChI=1S/C17H21NO4/c1-18(9-11-5-7-12(8-6-11)17(20)21)16(19)15-14-4-2-3-13(14)10-22-15/h5-8,13-15H,2-4,9-10H2,1H3,(H,20,21)/t13-,14-,15+/m0/s1. The summed E-state index contributed by atoms with van der Waals surface area (Å²) in [7, 11) is 1.78. The van der Waals surface area contributed by atoms with Gasteiger partial charge in [-0.3, -0.25) is 4.79 Å². The van der Waals surface area contributed by atoms with Crippen LogP contribution in [0.25, 0.3) is 0 Å². The number of fused-ring (bicyclic) bond motifs is 1. The third kappa shape index (κ3) is 2.86. The van der Waals surface area contributed by atoms with Crippen LogP contribution in [-0.4, -0.2) is 41.6 Å². The van der Waals surface area contributed by atoms with Crippen molar-refractivity contribution in [3.63, 3.8) is 0 Å². The molecule has 1 aliphatic heterocycles. The Kier molecular flexibility index (Phi) is 4.16. The molecule has 5 nitrogen and oxygen atoms in total. The van der Waals surface area contributed by atoms with Crippen molar-refractivity contribution in [3.05, 3.63) is 35.4 Å². The summed E-state index contributed by atoms with van der Waals surface area (Å²) in [6.45, 7) is 1.18. The molecule has 0 spiro atoms. The number of carboxylic acids is 1. The van der Waals surface area contributed by atoms with E-state index in [1.54, 1.807) is 36.2 Å². The van der Waals surface area contributed by atoms with E-state index in [2.05, 4.69) is 0 Å². The number of nitrogens with zero attached hydrogens (tertiary/aromatic N) is 1. The van der Waals surface area contributed by atoms with Crippen LogP contribution in [0.5, 0.6) is 0 Å². The maximum atomic E-state index is 12.6. The number of benzene rings is 1. The molecule has 0 unspecified atom stereocenters. The fraction of sp³-hybridized carbons (Fsp3) is 0.529. The summed E-state index contributed by atoms with van der Waals surface area (Å²) in [5, 5.41) is 8.90. The van der Waals surface area contributed by atoms with Gasteiger partial charge in [0, 0.05) is 13.6 Å². The number of carbonyl (C=O) groups excluding carboxylic acids is 1. The monoisotopic (exact) mass is 303 g/mol. The van der Waals surface area contributed by atoms with Crippen LogP contribution in [0.2, 0.25) is 0 Å². The van der Waals surface area contributed by atoms with Crippen LogP contribution in [0.15, 0.2) is 24.3 Å². The van der Waals surface area contributed by atoms with Crippen molar-refractivity contribution in [1.29, 1.82) is 0 Å². The number of carbonyl (C=O) groups is 2. The van der Waals surface area contributed by atoms with Gasteiger partial charge in [0.15, 0.2) is 0 Å². The van der Waals surface area contributed by atoms with Gasteiger partial charge < -0.3 is 14.7 Å². The quantitative estimate of drug-likeness (QED) is 0.925. The van der Waals surface area contributed by atoms with Gasteiger partial charge in [-0.1, -0.05) is 18.6 Å². The number of rotatable bonds is 4. The molecule has 1 amide bonds. The summed E-state index contributed by atoms with van der Waals surface area (Å²) in [4.78, 5) is 25.1. The second kappa shape index (κ2) is 6.08. The SMILES string of the molecule is CN(Cc1ccc(C(=O)O)cc1)C(=O)[C@@H]1OC[C@@H]2CCC[C@@H]21. The Labute approximate surface area is 129 Å². The highest BCUT2D eigenvalue weighted by Crippen LogP contribution is 2.41. The molecule has 5 heteroatoms. The van der Waals surface area contributed by atoms with Crippen LogP contribution in [0.1, 0.15) is 35.2 Å². The number of hydrogen-bond acceptors (Lipinski definition) is 3. The molecule has 22 heavy (non-hydrogen) atoms. The second-order valence-corrected chi connectivity index (χ2v) is 6.31. The highest BCUT2D eigenvalue weighted by molar-refractivity contribution is 5.87. The van der Waals surface area contributed by atoms with Crippen LogP contribution in [-0.2, 0) is 16.1 Å². The minimum absolute atomic E-state index is 0.0386. The first kappa shape index (κ1) is 15.0. The van der Waals surface area contributed by atoms with Gasteiger partial charge >= 0.3 is 5.97 Å². The lowest BCUT2D eigenvalue weighted by Gasteiger charge is -2.24. The van der Waals surface area contributed by atoms with E-state index in [0.717, 1.165) is 12.0 Å². The average Bonchev–Trinajstić information content (AvgIpc) is 3.09. The maximum absolute atomic E-state index is 12.6. The lowest BCUT2D eigenvalue weighted by Crippen LogP contribution is -2.39. The van der Waals surface area contributed by atoms with E-state index in [1.165, 1.54) is 12.8 Å². The molecule has 3 atom stereocenters. The second-order valence-electron chi connectivity index (χ2n) is 6.31. The lowest BCUT2D eigenvalue weighted by molar-refractivity contribution is -0.142. The predicted octanol–water partition coefficient (Wildman–Crippen LogP) is 2.16. The number of amides is 1. The molecule has 1 saturated carbocycles. The molecule has 2 fully saturated rings. The zero-order valence-corrected chi connectivity index (χ0v) is 12.7. The molecule has 1 heterocycles. The molecule has 1 aromatic rings. The summed E-state index contributed by atoms with van der Waals surface area (Å²) >= 11 is 0. The Morgan fingerprint density at radius 3 is 2.68 bits per heavy atom. The molecule has 1 N–H and O–H groups in total. The number of hydrogen-bond donors (Lipinski definition) is 1. The number of likely N-dealkylation sites (N-methyl/N-ethyl adjacent to an activating group) is 1. The van der Waals surface area contributed by atoms with Crippen molar-refractivity contribution < 1.29 is 19.4 Å². The fourth-order valence-corrected chi connectivity index (χ4v) is 3.60. The zero-order chi connectivity index (χ0) is 15.7. The van der Waals surface area contributed by atoms with E-state index in [0.29, 0.717) is 25.0 Å². The van der Waals surface area contributed by atoms with Crippen LogP contribution >= 0.6 is 0 Å². The summed E-state index contributed by atoms with van der Waals surface area (Å²) in [5.41, 5.74) is 1.17. The van der Waals surface area contributed by atoms with Gasteiger partial charge in [-0.25, -0.2) is 4.79 Å². The number of carboxylic acid groups (broad SMARTS) is 1. The molecular weight excluding hydrogens is 282 g/mol. The molecule has 0 aromatic heterocycles. The van der Waals surface area contributed by atoms with Crippen molar-refractivity contribution >= 4 is 11.9 Å². The third-order valence-electron chi connectivity index (χ3n) is 4.84. The predicted molar refractivity (Wildman–Crippen MR) is 80.4 cm³/mol. The van der Waals surface area contributed by atoms with Crippen molar-refractivity contribution in [3.8, 4) is 0 Å². The molecule has 0 bridgehead atoms. The first-order valence-corrected chi connectivity index (χ1v) is 7.75. The van der Waals surface area contributed by atoms with Gasteiger partial charge in [0.1, 0.15) is 6.10 Å². The van der Waals surface area contributed by atoms with E-state index < -0.39 is 5.97 Å². The highest BCUT2D eigenvalue weighted by atomic mass is 16.5. The molecule has 1 aliphatic carbocycles. The van der Waals surface area contributed by atoms with Gasteiger partial charge in [-0.15, -0.1) is 0 Å². The van der Waals surface area contributed by atoms with Gasteiger partial charge in [0.05, 0.1) is 12.2 Å². The molecule has 0 radical (unpaired) electrons. The summed E-state index contributed by atoms with van der Waals surface area (Å²) in [6.07, 6.45) is 3.16. The minimum Gasteiger partial charge on any atom is -0.478 e. The first-order valence-electron chi connectivity index (χ1n) is 7.75. The normalized spacial score (nSPS) is 26.7. The largest absolute Gasteiger partial charge is 0.478 e. The molecular formula is C17H21NO4. The van der Waals surface area contributed by atoms with Gasteiger partial charge in [0.2, 0.25) is 0 Å². The van der Waals surface area contributed by atoms with Crippen molar-refractivity contribution in [2.75, 3.05) is 13.7 Å². The molecule has 1 saturated heterocycles. The van der Waals surface area contributed by atoms with E-state index in [4.69, 9.17) is 9.84 Å². The molecule has 3 rings (SSSR count). The van der Waals surface area contributed by atoms with Crippen molar-refractivity contribution in [2.24, 2.45) is 11.8 Å². The topological polar surface area (TPSA) is 66.8 Å². The summed E-state index contributed by atoms with van der Waals surface area (Å²) in [6, 6.07) is 6.63. The smallest absolute Gasteiger partial charge is 0.335 e. The zero-order valence-electron chi connectivity index (χ0n) is 12.7. The number of ether oxygens (including phenoxy) is 1. The van der Waals surface area contributed by atoms with Gasteiger partial charge in [0.25, 0.3) is 5.91 Å².